The molecule has 4 rings (SSSR count). The van der Waals surface area contributed by atoms with Crippen molar-refractivity contribution in [3.63, 3.8) is 0 Å². The monoisotopic (exact) mass is 436 g/mol. The second kappa shape index (κ2) is 9.14. The quantitative estimate of drug-likeness (QED) is 0.583. The summed E-state index contributed by atoms with van der Waals surface area (Å²) >= 11 is 5.84. The summed E-state index contributed by atoms with van der Waals surface area (Å²) in [7, 11) is 0. The van der Waals surface area contributed by atoms with E-state index in [9.17, 15) is 9.59 Å². The van der Waals surface area contributed by atoms with E-state index in [1.165, 1.54) is 6.20 Å². The van der Waals surface area contributed by atoms with Gasteiger partial charge in [0.15, 0.2) is 5.76 Å². The molecule has 0 saturated heterocycles. The van der Waals surface area contributed by atoms with Gasteiger partial charge in [-0.1, -0.05) is 41.9 Å². The van der Waals surface area contributed by atoms with Crippen molar-refractivity contribution < 1.29 is 14.0 Å². The van der Waals surface area contributed by atoms with E-state index in [-0.39, 0.29) is 18.1 Å². The molecule has 1 aromatic carbocycles. The van der Waals surface area contributed by atoms with Crippen molar-refractivity contribution >= 4 is 34.9 Å². The number of carbonyl (C=O) groups is 2. The fraction of sp³-hybridized carbons (Fsp3) is 0.217. The number of nitrogens with one attached hydrogen (secondary N) is 2. The van der Waals surface area contributed by atoms with Crippen LogP contribution in [0.5, 0.6) is 0 Å². The van der Waals surface area contributed by atoms with Crippen LogP contribution in [0, 0.1) is 6.92 Å². The predicted molar refractivity (Wildman–Crippen MR) is 118 cm³/mol. The van der Waals surface area contributed by atoms with Crippen LogP contribution >= 0.6 is 11.6 Å². The van der Waals surface area contributed by atoms with E-state index in [2.05, 4.69) is 20.8 Å². The van der Waals surface area contributed by atoms with Crippen LogP contribution in [0.4, 0.5) is 5.82 Å². The smallest absolute Gasteiger partial charge is 0.292 e. The van der Waals surface area contributed by atoms with Gasteiger partial charge in [0.25, 0.3) is 5.91 Å². The maximum atomic E-state index is 12.7. The first-order chi connectivity index (χ1) is 15.0. The van der Waals surface area contributed by atoms with Crippen LogP contribution in [0.25, 0.3) is 0 Å². The van der Waals surface area contributed by atoms with Crippen molar-refractivity contribution in [1.82, 2.24) is 10.4 Å². The highest BCUT2D eigenvalue weighted by Crippen LogP contribution is 2.30. The highest BCUT2D eigenvalue weighted by molar-refractivity contribution is 6.30. The number of benzene rings is 1. The van der Waals surface area contributed by atoms with Crippen molar-refractivity contribution in [3.05, 3.63) is 81.9 Å². The Morgan fingerprint density at radius 3 is 2.71 bits per heavy atom. The Morgan fingerprint density at radius 2 is 1.97 bits per heavy atom. The van der Waals surface area contributed by atoms with Crippen LogP contribution < -0.4 is 10.7 Å². The molecule has 31 heavy (non-hydrogen) atoms. The second-order valence-electron chi connectivity index (χ2n) is 7.28. The SMILES string of the molecule is Cc1c(C(=O)Nc2ccc(Cl)cn2)oc2c1/C(=N/NC(=O)Cc1ccccc1)CCC2. The van der Waals surface area contributed by atoms with E-state index in [1.807, 2.05) is 37.3 Å². The number of fused-ring (bicyclic) bond motifs is 1. The molecule has 158 valence electrons. The van der Waals surface area contributed by atoms with Gasteiger partial charge in [0.1, 0.15) is 11.6 Å². The number of furan rings is 1. The van der Waals surface area contributed by atoms with Gasteiger partial charge in [-0.05, 0) is 37.5 Å². The first-order valence-corrected chi connectivity index (χ1v) is 10.3. The van der Waals surface area contributed by atoms with Gasteiger partial charge in [-0.15, -0.1) is 0 Å². The van der Waals surface area contributed by atoms with Crippen LogP contribution in [-0.2, 0) is 17.6 Å². The second-order valence-corrected chi connectivity index (χ2v) is 7.72. The van der Waals surface area contributed by atoms with Gasteiger partial charge < -0.3 is 9.73 Å². The molecule has 1 aliphatic rings. The molecule has 0 aliphatic heterocycles. The Labute approximate surface area is 184 Å². The highest BCUT2D eigenvalue weighted by Gasteiger charge is 2.28. The molecular formula is C23H21ClN4O3. The molecule has 0 unspecified atom stereocenters. The normalized spacial score (nSPS) is 14.2. The molecule has 8 heteroatoms. The molecule has 0 bridgehead atoms. The predicted octanol–water partition coefficient (Wildman–Crippen LogP) is 4.29. The third-order valence-corrected chi connectivity index (χ3v) is 5.25. The molecule has 2 N–H and O–H groups in total. The Bertz CT molecular complexity index is 1140. The molecule has 3 aromatic rings. The lowest BCUT2D eigenvalue weighted by atomic mass is 9.93. The van der Waals surface area contributed by atoms with Crippen molar-refractivity contribution in [1.29, 1.82) is 0 Å². The first-order valence-electron chi connectivity index (χ1n) is 9.96. The van der Waals surface area contributed by atoms with E-state index < -0.39 is 5.91 Å². The van der Waals surface area contributed by atoms with Gasteiger partial charge in [-0.3, -0.25) is 9.59 Å². The van der Waals surface area contributed by atoms with Gasteiger partial charge in [0, 0.05) is 23.7 Å². The molecule has 0 atom stereocenters. The molecule has 2 heterocycles. The van der Waals surface area contributed by atoms with E-state index in [4.69, 9.17) is 16.0 Å². The third-order valence-electron chi connectivity index (χ3n) is 5.02. The minimum absolute atomic E-state index is 0.196. The Morgan fingerprint density at radius 1 is 1.16 bits per heavy atom. The fourth-order valence-corrected chi connectivity index (χ4v) is 3.68. The highest BCUT2D eigenvalue weighted by atomic mass is 35.5. The lowest BCUT2D eigenvalue weighted by Crippen LogP contribution is -2.23. The minimum atomic E-state index is -0.394. The van der Waals surface area contributed by atoms with Gasteiger partial charge in [0.05, 0.1) is 17.2 Å². The third kappa shape index (κ3) is 4.83. The number of hydrogen-bond acceptors (Lipinski definition) is 5. The summed E-state index contributed by atoms with van der Waals surface area (Å²) in [4.78, 5) is 29.1. The number of hydrazone groups is 1. The number of aromatic nitrogens is 1. The lowest BCUT2D eigenvalue weighted by molar-refractivity contribution is -0.120. The maximum absolute atomic E-state index is 12.7. The largest absolute Gasteiger partial charge is 0.455 e. The number of amides is 2. The number of nitrogens with zero attached hydrogens (tertiary/aromatic N) is 2. The molecule has 0 saturated carbocycles. The van der Waals surface area contributed by atoms with E-state index in [0.29, 0.717) is 40.7 Å². The zero-order valence-electron chi connectivity index (χ0n) is 16.9. The summed E-state index contributed by atoms with van der Waals surface area (Å²) in [5.41, 5.74) is 5.75. The van der Waals surface area contributed by atoms with Crippen molar-refractivity contribution in [3.8, 4) is 0 Å². The van der Waals surface area contributed by atoms with E-state index >= 15 is 0 Å². The minimum Gasteiger partial charge on any atom is -0.455 e. The number of rotatable bonds is 5. The van der Waals surface area contributed by atoms with Gasteiger partial charge in [-0.25, -0.2) is 10.4 Å². The van der Waals surface area contributed by atoms with Crippen LogP contribution in [0.2, 0.25) is 5.02 Å². The first kappa shape index (κ1) is 20.8. The summed E-state index contributed by atoms with van der Waals surface area (Å²) in [6, 6.07) is 12.7. The average molecular weight is 437 g/mol. The fourth-order valence-electron chi connectivity index (χ4n) is 3.57. The maximum Gasteiger partial charge on any atom is 0.292 e. The summed E-state index contributed by atoms with van der Waals surface area (Å²) in [6.45, 7) is 1.82. The van der Waals surface area contributed by atoms with Crippen molar-refractivity contribution in [2.45, 2.75) is 32.6 Å². The summed E-state index contributed by atoms with van der Waals surface area (Å²) in [5, 5.41) is 7.55. The van der Waals surface area contributed by atoms with Crippen LogP contribution in [0.1, 0.15) is 45.8 Å². The molecule has 7 nitrogen and oxygen atoms in total. The Balaban J connectivity index is 1.51. The Kier molecular flexibility index (Phi) is 6.13. The number of carbonyl (C=O) groups excluding carboxylic acids is 2. The summed E-state index contributed by atoms with van der Waals surface area (Å²) in [5.74, 6) is 0.708. The number of halogens is 1. The zero-order chi connectivity index (χ0) is 21.8. The molecule has 2 amide bonds. The topological polar surface area (TPSA) is 96.6 Å². The van der Waals surface area contributed by atoms with E-state index in [1.54, 1.807) is 12.1 Å². The number of anilines is 1. The molecule has 0 fully saturated rings. The zero-order valence-corrected chi connectivity index (χ0v) is 17.7. The molecule has 2 aromatic heterocycles. The molecule has 0 spiro atoms. The summed E-state index contributed by atoms with van der Waals surface area (Å²) in [6.07, 6.45) is 3.93. The van der Waals surface area contributed by atoms with Gasteiger partial charge in [0.2, 0.25) is 5.91 Å². The molecular weight excluding hydrogens is 416 g/mol. The number of hydrogen-bond donors (Lipinski definition) is 2. The van der Waals surface area contributed by atoms with Crippen LogP contribution in [-0.4, -0.2) is 22.5 Å². The lowest BCUT2D eigenvalue weighted by Gasteiger charge is -2.13. The standard InChI is InChI=1S/C23H21ClN4O3/c1-14-21-17(27-28-20(29)12-15-6-3-2-4-7-15)8-5-9-18(21)31-22(14)23(30)26-19-11-10-16(24)13-25-19/h2-4,6-7,10-11,13H,5,8-9,12H2,1H3,(H,28,29)(H,25,26,30)/b27-17+. The van der Waals surface area contributed by atoms with E-state index in [0.717, 1.165) is 17.5 Å². The average Bonchev–Trinajstić information content (AvgIpc) is 3.12. The van der Waals surface area contributed by atoms with Gasteiger partial charge >= 0.3 is 0 Å². The molecule has 1 aliphatic carbocycles. The van der Waals surface area contributed by atoms with Crippen LogP contribution in [0.3, 0.4) is 0 Å². The van der Waals surface area contributed by atoms with Crippen LogP contribution in [0.15, 0.2) is 58.2 Å². The number of pyridine rings is 1. The molecule has 0 radical (unpaired) electrons. The van der Waals surface area contributed by atoms with Gasteiger partial charge in [-0.2, -0.15) is 5.10 Å². The number of aryl methyl sites for hydroxylation is 1. The van der Waals surface area contributed by atoms with Crippen molar-refractivity contribution in [2.24, 2.45) is 5.10 Å². The summed E-state index contributed by atoms with van der Waals surface area (Å²) < 4.78 is 5.87. The van der Waals surface area contributed by atoms with Crippen molar-refractivity contribution in [2.75, 3.05) is 5.32 Å². The Hall–Kier alpha value is -3.45.